The van der Waals surface area contributed by atoms with Crippen LogP contribution in [0.4, 0.5) is 5.13 Å². The zero-order valence-electron chi connectivity index (χ0n) is 13.1. The molecule has 1 aromatic carbocycles. The number of nitrogens with one attached hydrogen (secondary N) is 1. The number of halogens is 1. The molecule has 0 saturated carbocycles. The smallest absolute Gasteiger partial charge is 0.293 e. The average Bonchev–Trinajstić information content (AvgIpc) is 3.14. The van der Waals surface area contributed by atoms with Gasteiger partial charge in [0, 0.05) is 9.35 Å². The zero-order valence-corrected chi connectivity index (χ0v) is 15.5. The molecule has 0 aliphatic heterocycles. The highest BCUT2D eigenvalue weighted by molar-refractivity contribution is 9.10. The average molecular weight is 407 g/mol. The molecule has 2 aromatic heterocycles. The van der Waals surface area contributed by atoms with E-state index in [0.29, 0.717) is 10.9 Å². The highest BCUT2D eigenvalue weighted by Crippen LogP contribution is 2.22. The number of benzene rings is 1. The van der Waals surface area contributed by atoms with Gasteiger partial charge in [0.15, 0.2) is 10.9 Å². The monoisotopic (exact) mass is 406 g/mol. The van der Waals surface area contributed by atoms with Crippen molar-refractivity contribution < 1.29 is 13.9 Å². The van der Waals surface area contributed by atoms with Gasteiger partial charge in [0.1, 0.15) is 18.1 Å². The van der Waals surface area contributed by atoms with Crippen molar-refractivity contribution in [3.8, 4) is 5.75 Å². The SMILES string of the molecule is Cc1nc(NC(=O)c2ccc(COc3ccc(Br)cc3)o2)sc1C. The third-order valence-electron chi connectivity index (χ3n) is 3.33. The predicted molar refractivity (Wildman–Crippen MR) is 96.7 cm³/mol. The number of furan rings is 1. The first-order valence-corrected chi connectivity index (χ1v) is 8.84. The Hall–Kier alpha value is -2.12. The normalized spacial score (nSPS) is 10.6. The standard InChI is InChI=1S/C17H15BrN2O3S/c1-10-11(2)24-17(19-10)20-16(21)15-8-7-14(23-15)9-22-13-5-3-12(18)4-6-13/h3-8H,9H2,1-2H3,(H,19,20,21). The highest BCUT2D eigenvalue weighted by atomic mass is 79.9. The van der Waals surface area contributed by atoms with E-state index >= 15 is 0 Å². The second-order valence-electron chi connectivity index (χ2n) is 5.12. The lowest BCUT2D eigenvalue weighted by molar-refractivity contribution is 0.0992. The lowest BCUT2D eigenvalue weighted by Gasteiger charge is -2.04. The number of carbonyl (C=O) groups excluding carboxylic acids is 1. The van der Waals surface area contributed by atoms with Gasteiger partial charge in [-0.1, -0.05) is 15.9 Å². The van der Waals surface area contributed by atoms with Crippen LogP contribution in [0.2, 0.25) is 0 Å². The predicted octanol–water partition coefficient (Wildman–Crippen LogP) is 4.95. The Morgan fingerprint density at radius 1 is 1.25 bits per heavy atom. The molecule has 0 aliphatic carbocycles. The van der Waals surface area contributed by atoms with E-state index in [1.165, 1.54) is 11.3 Å². The molecule has 0 radical (unpaired) electrons. The van der Waals surface area contributed by atoms with E-state index in [-0.39, 0.29) is 18.3 Å². The van der Waals surface area contributed by atoms with Crippen molar-refractivity contribution in [3.63, 3.8) is 0 Å². The molecule has 5 nitrogen and oxygen atoms in total. The molecule has 1 N–H and O–H groups in total. The molecule has 3 aromatic rings. The molecule has 0 fully saturated rings. The first kappa shape index (κ1) is 16.7. The Morgan fingerprint density at radius 3 is 2.67 bits per heavy atom. The highest BCUT2D eigenvalue weighted by Gasteiger charge is 2.14. The van der Waals surface area contributed by atoms with Gasteiger partial charge in [0.25, 0.3) is 5.91 Å². The Morgan fingerprint density at radius 2 is 2.00 bits per heavy atom. The van der Waals surface area contributed by atoms with Gasteiger partial charge in [0.2, 0.25) is 0 Å². The van der Waals surface area contributed by atoms with E-state index in [1.54, 1.807) is 12.1 Å². The molecule has 0 unspecified atom stereocenters. The number of anilines is 1. The first-order valence-electron chi connectivity index (χ1n) is 7.24. The fraction of sp³-hybridized carbons (Fsp3) is 0.176. The minimum Gasteiger partial charge on any atom is -0.486 e. The Kier molecular flexibility index (Phi) is 5.01. The van der Waals surface area contributed by atoms with Gasteiger partial charge in [-0.3, -0.25) is 10.1 Å². The van der Waals surface area contributed by atoms with E-state index in [9.17, 15) is 4.79 Å². The molecular formula is C17H15BrN2O3S. The molecule has 7 heteroatoms. The Balaban J connectivity index is 1.60. The van der Waals surface area contributed by atoms with Crippen LogP contribution < -0.4 is 10.1 Å². The number of nitrogens with zero attached hydrogens (tertiary/aromatic N) is 1. The molecule has 124 valence electrons. The van der Waals surface area contributed by atoms with E-state index in [0.717, 1.165) is 20.8 Å². The summed E-state index contributed by atoms with van der Waals surface area (Å²) in [7, 11) is 0. The molecule has 0 atom stereocenters. The van der Waals surface area contributed by atoms with Gasteiger partial charge in [-0.15, -0.1) is 11.3 Å². The van der Waals surface area contributed by atoms with Crippen LogP contribution in [0.25, 0.3) is 0 Å². The van der Waals surface area contributed by atoms with Gasteiger partial charge < -0.3 is 9.15 Å². The lowest BCUT2D eigenvalue weighted by Crippen LogP contribution is -2.10. The lowest BCUT2D eigenvalue weighted by atomic mass is 10.3. The zero-order chi connectivity index (χ0) is 17.1. The summed E-state index contributed by atoms with van der Waals surface area (Å²) in [4.78, 5) is 17.5. The van der Waals surface area contributed by atoms with Crippen LogP contribution in [-0.4, -0.2) is 10.9 Å². The molecule has 1 amide bonds. The second kappa shape index (κ2) is 7.19. The summed E-state index contributed by atoms with van der Waals surface area (Å²) in [6.07, 6.45) is 0. The minimum atomic E-state index is -0.321. The number of rotatable bonds is 5. The maximum Gasteiger partial charge on any atom is 0.293 e. The van der Waals surface area contributed by atoms with Crippen LogP contribution in [0.3, 0.4) is 0 Å². The molecular weight excluding hydrogens is 392 g/mol. The molecule has 0 saturated heterocycles. The number of hydrogen-bond donors (Lipinski definition) is 1. The molecule has 2 heterocycles. The fourth-order valence-electron chi connectivity index (χ4n) is 1.95. The molecule has 3 rings (SSSR count). The molecule has 0 aliphatic rings. The number of aromatic nitrogens is 1. The number of aryl methyl sites for hydroxylation is 2. The number of thiazole rings is 1. The Labute approximate surface area is 151 Å². The van der Waals surface area contributed by atoms with Gasteiger partial charge in [-0.2, -0.15) is 0 Å². The van der Waals surface area contributed by atoms with Crippen molar-refractivity contribution in [2.24, 2.45) is 0 Å². The number of hydrogen-bond acceptors (Lipinski definition) is 5. The molecule has 0 spiro atoms. The van der Waals surface area contributed by atoms with Gasteiger partial charge in [-0.05, 0) is 50.2 Å². The van der Waals surface area contributed by atoms with Crippen LogP contribution in [0.1, 0.15) is 26.9 Å². The van der Waals surface area contributed by atoms with E-state index < -0.39 is 0 Å². The van der Waals surface area contributed by atoms with Crippen molar-refractivity contribution in [2.45, 2.75) is 20.5 Å². The first-order chi connectivity index (χ1) is 11.5. The van der Waals surface area contributed by atoms with Crippen molar-refractivity contribution in [1.29, 1.82) is 0 Å². The van der Waals surface area contributed by atoms with Gasteiger partial charge in [-0.25, -0.2) is 4.98 Å². The second-order valence-corrected chi connectivity index (χ2v) is 7.24. The van der Waals surface area contributed by atoms with Crippen molar-refractivity contribution in [3.05, 3.63) is 63.0 Å². The Bertz CT molecular complexity index is 836. The summed E-state index contributed by atoms with van der Waals surface area (Å²) in [6, 6.07) is 10.9. The maximum absolute atomic E-state index is 12.2. The van der Waals surface area contributed by atoms with E-state index in [4.69, 9.17) is 9.15 Å². The summed E-state index contributed by atoms with van der Waals surface area (Å²) in [6.45, 7) is 4.13. The largest absolute Gasteiger partial charge is 0.486 e. The summed E-state index contributed by atoms with van der Waals surface area (Å²) in [5.74, 6) is 1.22. The number of ether oxygens (including phenoxy) is 1. The van der Waals surface area contributed by atoms with Crippen LogP contribution >= 0.6 is 27.3 Å². The third-order valence-corrected chi connectivity index (χ3v) is 4.85. The molecule has 0 bridgehead atoms. The van der Waals surface area contributed by atoms with Crippen molar-refractivity contribution >= 4 is 38.3 Å². The summed E-state index contributed by atoms with van der Waals surface area (Å²) in [5, 5.41) is 3.31. The summed E-state index contributed by atoms with van der Waals surface area (Å²) < 4.78 is 12.1. The quantitative estimate of drug-likeness (QED) is 0.650. The third kappa shape index (κ3) is 4.04. The maximum atomic E-state index is 12.2. The van der Waals surface area contributed by atoms with Crippen LogP contribution in [-0.2, 0) is 6.61 Å². The topological polar surface area (TPSA) is 64.4 Å². The van der Waals surface area contributed by atoms with E-state index in [1.807, 2.05) is 38.1 Å². The summed E-state index contributed by atoms with van der Waals surface area (Å²) in [5.41, 5.74) is 0.915. The van der Waals surface area contributed by atoms with Crippen LogP contribution in [0, 0.1) is 13.8 Å². The van der Waals surface area contributed by atoms with Crippen LogP contribution in [0.5, 0.6) is 5.75 Å². The number of carbonyl (C=O) groups is 1. The van der Waals surface area contributed by atoms with E-state index in [2.05, 4.69) is 26.2 Å². The van der Waals surface area contributed by atoms with Crippen molar-refractivity contribution in [2.75, 3.05) is 5.32 Å². The van der Waals surface area contributed by atoms with Gasteiger partial charge in [0.05, 0.1) is 5.69 Å². The van der Waals surface area contributed by atoms with Gasteiger partial charge >= 0.3 is 0 Å². The number of amides is 1. The summed E-state index contributed by atoms with van der Waals surface area (Å²) >= 11 is 4.81. The van der Waals surface area contributed by atoms with Crippen LogP contribution in [0.15, 0.2) is 45.3 Å². The fourth-order valence-corrected chi connectivity index (χ4v) is 3.02. The molecule has 24 heavy (non-hydrogen) atoms. The van der Waals surface area contributed by atoms with Crippen molar-refractivity contribution in [1.82, 2.24) is 4.98 Å². The minimum absolute atomic E-state index is 0.231.